The van der Waals surface area contributed by atoms with Gasteiger partial charge in [-0.2, -0.15) is 0 Å². The van der Waals surface area contributed by atoms with Crippen molar-refractivity contribution in [2.75, 3.05) is 26.4 Å². The van der Waals surface area contributed by atoms with Gasteiger partial charge >= 0.3 is 0 Å². The van der Waals surface area contributed by atoms with E-state index in [2.05, 4.69) is 43.4 Å². The highest BCUT2D eigenvalue weighted by Gasteiger charge is 2.17. The van der Waals surface area contributed by atoms with Gasteiger partial charge in [-0.1, -0.05) is 44.2 Å². The van der Waals surface area contributed by atoms with Gasteiger partial charge in [-0.3, -0.25) is 0 Å². The molecule has 0 saturated heterocycles. The first kappa shape index (κ1) is 15.2. The second-order valence-corrected chi connectivity index (χ2v) is 5.38. The highest BCUT2D eigenvalue weighted by molar-refractivity contribution is 5.14. The van der Waals surface area contributed by atoms with E-state index in [-0.39, 0.29) is 12.0 Å². The molecule has 3 nitrogen and oxygen atoms in total. The van der Waals surface area contributed by atoms with Crippen LogP contribution in [0.15, 0.2) is 30.3 Å². The number of ether oxygens (including phenoxy) is 1. The molecule has 0 radical (unpaired) electrons. The summed E-state index contributed by atoms with van der Waals surface area (Å²) in [6, 6.07) is 10.4. The Labute approximate surface area is 110 Å². The molecule has 0 aromatic heterocycles. The van der Waals surface area contributed by atoms with Crippen LogP contribution in [-0.4, -0.2) is 31.5 Å². The van der Waals surface area contributed by atoms with E-state index in [0.29, 0.717) is 13.0 Å². The first-order chi connectivity index (χ1) is 8.64. The van der Waals surface area contributed by atoms with Crippen LogP contribution in [0.3, 0.4) is 0 Å². The molecule has 1 aromatic rings. The lowest BCUT2D eigenvalue weighted by Gasteiger charge is -2.25. The lowest BCUT2D eigenvalue weighted by Crippen LogP contribution is -2.33. The van der Waals surface area contributed by atoms with E-state index in [0.717, 1.165) is 19.7 Å². The van der Waals surface area contributed by atoms with Crippen LogP contribution in [0.25, 0.3) is 0 Å². The summed E-state index contributed by atoms with van der Waals surface area (Å²) in [6.07, 6.45) is 0.716. The molecular weight excluding hydrogens is 226 g/mol. The molecule has 1 aromatic carbocycles. The summed E-state index contributed by atoms with van der Waals surface area (Å²) in [6.45, 7) is 7.73. The van der Waals surface area contributed by atoms with Gasteiger partial charge in [-0.25, -0.2) is 0 Å². The molecule has 0 saturated carbocycles. The second kappa shape index (κ2) is 8.25. The van der Waals surface area contributed by atoms with Crippen LogP contribution in [0.1, 0.15) is 25.8 Å². The largest absolute Gasteiger partial charge is 0.396 e. The lowest BCUT2D eigenvalue weighted by molar-refractivity contribution is 0.0534. The van der Waals surface area contributed by atoms with Crippen molar-refractivity contribution in [1.29, 1.82) is 0 Å². The molecule has 0 fully saturated rings. The number of benzene rings is 1. The number of rotatable bonds is 9. The van der Waals surface area contributed by atoms with Gasteiger partial charge < -0.3 is 15.2 Å². The van der Waals surface area contributed by atoms with Gasteiger partial charge in [0.25, 0.3) is 0 Å². The molecule has 1 rings (SSSR count). The summed E-state index contributed by atoms with van der Waals surface area (Å²) in [4.78, 5) is 0. The minimum absolute atomic E-state index is 0.115. The van der Waals surface area contributed by atoms with Crippen molar-refractivity contribution in [3.63, 3.8) is 0 Å². The Morgan fingerprint density at radius 2 is 1.94 bits per heavy atom. The van der Waals surface area contributed by atoms with E-state index in [9.17, 15) is 0 Å². The molecule has 102 valence electrons. The number of aliphatic hydroxyl groups is 1. The fourth-order valence-electron chi connectivity index (χ4n) is 1.71. The van der Waals surface area contributed by atoms with Gasteiger partial charge in [0, 0.05) is 31.7 Å². The number of nitrogens with one attached hydrogen (secondary N) is 1. The van der Waals surface area contributed by atoms with Gasteiger partial charge in [0.2, 0.25) is 0 Å². The Morgan fingerprint density at radius 1 is 1.22 bits per heavy atom. The predicted octanol–water partition coefficient (Wildman–Crippen LogP) is 2.20. The Bertz CT molecular complexity index is 312. The smallest absolute Gasteiger partial charge is 0.0529 e. The van der Waals surface area contributed by atoms with Crippen LogP contribution in [0.5, 0.6) is 0 Å². The Morgan fingerprint density at radius 3 is 2.61 bits per heavy atom. The predicted molar refractivity (Wildman–Crippen MR) is 74.5 cm³/mol. The first-order valence-electron chi connectivity index (χ1n) is 6.57. The summed E-state index contributed by atoms with van der Waals surface area (Å²) in [7, 11) is 0. The van der Waals surface area contributed by atoms with Crippen LogP contribution >= 0.6 is 0 Å². The van der Waals surface area contributed by atoms with Crippen molar-refractivity contribution in [2.45, 2.75) is 26.8 Å². The van der Waals surface area contributed by atoms with Gasteiger partial charge in [0.15, 0.2) is 0 Å². The first-order valence-corrected chi connectivity index (χ1v) is 6.57. The molecule has 18 heavy (non-hydrogen) atoms. The summed E-state index contributed by atoms with van der Waals surface area (Å²) < 4.78 is 5.54. The molecule has 0 aliphatic heterocycles. The zero-order valence-corrected chi connectivity index (χ0v) is 11.5. The van der Waals surface area contributed by atoms with Crippen LogP contribution in [0.2, 0.25) is 0 Å². The lowest BCUT2D eigenvalue weighted by atomic mass is 9.95. The van der Waals surface area contributed by atoms with Gasteiger partial charge in [-0.05, 0) is 12.0 Å². The third kappa shape index (κ3) is 6.74. The van der Waals surface area contributed by atoms with Crippen LogP contribution in [-0.2, 0) is 11.3 Å². The number of aliphatic hydroxyl groups excluding tert-OH is 1. The van der Waals surface area contributed by atoms with E-state index >= 15 is 0 Å². The van der Waals surface area contributed by atoms with Gasteiger partial charge in [-0.15, -0.1) is 0 Å². The minimum Gasteiger partial charge on any atom is -0.396 e. The summed E-state index contributed by atoms with van der Waals surface area (Å²) >= 11 is 0. The Hall–Kier alpha value is -0.900. The Balaban J connectivity index is 2.16. The van der Waals surface area contributed by atoms with Crippen molar-refractivity contribution in [3.05, 3.63) is 35.9 Å². The zero-order valence-electron chi connectivity index (χ0n) is 11.5. The third-order valence-corrected chi connectivity index (χ3v) is 2.72. The second-order valence-electron chi connectivity index (χ2n) is 5.38. The SMILES string of the molecule is CC(C)(CNCc1ccccc1)COCCCO. The molecule has 0 amide bonds. The van der Waals surface area contributed by atoms with E-state index < -0.39 is 0 Å². The van der Waals surface area contributed by atoms with Crippen LogP contribution < -0.4 is 5.32 Å². The average Bonchev–Trinajstić information content (AvgIpc) is 2.36. The maximum Gasteiger partial charge on any atom is 0.0529 e. The summed E-state index contributed by atoms with van der Waals surface area (Å²) in [5.41, 5.74) is 1.42. The highest BCUT2D eigenvalue weighted by atomic mass is 16.5. The molecule has 0 aliphatic carbocycles. The fraction of sp³-hybridized carbons (Fsp3) is 0.600. The summed E-state index contributed by atoms with van der Waals surface area (Å²) in [5, 5.41) is 12.1. The van der Waals surface area contributed by atoms with Crippen LogP contribution in [0.4, 0.5) is 0 Å². The topological polar surface area (TPSA) is 41.5 Å². The monoisotopic (exact) mass is 251 g/mol. The van der Waals surface area contributed by atoms with Gasteiger partial charge in [0.1, 0.15) is 0 Å². The molecule has 0 aliphatic rings. The minimum atomic E-state index is 0.115. The normalized spacial score (nSPS) is 11.7. The maximum atomic E-state index is 8.67. The van der Waals surface area contributed by atoms with Gasteiger partial charge in [0.05, 0.1) is 6.61 Å². The highest BCUT2D eigenvalue weighted by Crippen LogP contribution is 2.14. The van der Waals surface area contributed by atoms with Crippen molar-refractivity contribution >= 4 is 0 Å². The molecule has 0 spiro atoms. The van der Waals surface area contributed by atoms with Crippen molar-refractivity contribution in [3.8, 4) is 0 Å². The zero-order chi connectivity index (χ0) is 13.3. The van der Waals surface area contributed by atoms with E-state index in [1.54, 1.807) is 0 Å². The van der Waals surface area contributed by atoms with Crippen molar-refractivity contribution < 1.29 is 9.84 Å². The molecule has 0 unspecified atom stereocenters. The standard InChI is InChI=1S/C15H25NO2/c1-15(2,13-18-10-6-9-17)12-16-11-14-7-4-3-5-8-14/h3-5,7-8,16-17H,6,9-13H2,1-2H3. The van der Waals surface area contributed by atoms with E-state index in [4.69, 9.17) is 9.84 Å². The fourth-order valence-corrected chi connectivity index (χ4v) is 1.71. The van der Waals surface area contributed by atoms with Crippen molar-refractivity contribution in [1.82, 2.24) is 5.32 Å². The molecular formula is C15H25NO2. The Kier molecular flexibility index (Phi) is 6.94. The third-order valence-electron chi connectivity index (χ3n) is 2.72. The van der Waals surface area contributed by atoms with Crippen LogP contribution in [0, 0.1) is 5.41 Å². The molecule has 0 atom stereocenters. The summed E-state index contributed by atoms with van der Waals surface area (Å²) in [5.74, 6) is 0. The van der Waals surface area contributed by atoms with E-state index in [1.807, 2.05) is 6.07 Å². The molecule has 3 heteroatoms. The molecule has 0 heterocycles. The number of hydrogen-bond acceptors (Lipinski definition) is 3. The molecule has 2 N–H and O–H groups in total. The quantitative estimate of drug-likeness (QED) is 0.661. The van der Waals surface area contributed by atoms with E-state index in [1.165, 1.54) is 5.56 Å². The molecule has 0 bridgehead atoms. The average molecular weight is 251 g/mol. The number of hydrogen-bond donors (Lipinski definition) is 2. The van der Waals surface area contributed by atoms with Crippen molar-refractivity contribution in [2.24, 2.45) is 5.41 Å². The maximum absolute atomic E-state index is 8.67.